The SMILES string of the molecule is CCCc1ccc(S(=O)(=O)NOCC(=O)O)cc1. The maximum absolute atomic E-state index is 11.7. The monoisotopic (exact) mass is 273 g/mol. The number of hydrogen-bond acceptors (Lipinski definition) is 4. The van der Waals surface area contributed by atoms with Gasteiger partial charge in [-0.05, 0) is 24.1 Å². The minimum absolute atomic E-state index is 0.0349. The average Bonchev–Trinajstić information content (AvgIpc) is 2.29. The van der Waals surface area contributed by atoms with Gasteiger partial charge in [0.2, 0.25) is 0 Å². The molecule has 0 aliphatic carbocycles. The van der Waals surface area contributed by atoms with Crippen molar-refractivity contribution in [2.24, 2.45) is 0 Å². The Balaban J connectivity index is 2.69. The molecule has 0 unspecified atom stereocenters. The molecule has 0 radical (unpaired) electrons. The molecule has 0 aliphatic rings. The molecule has 1 rings (SSSR count). The van der Waals surface area contributed by atoms with Crippen molar-refractivity contribution < 1.29 is 23.2 Å². The molecule has 0 heterocycles. The second-order valence-corrected chi connectivity index (χ2v) is 5.31. The number of nitrogens with one attached hydrogen (secondary N) is 1. The van der Waals surface area contributed by atoms with E-state index >= 15 is 0 Å². The van der Waals surface area contributed by atoms with Gasteiger partial charge in [0, 0.05) is 0 Å². The number of hydrogen-bond donors (Lipinski definition) is 2. The number of rotatable bonds is 7. The summed E-state index contributed by atoms with van der Waals surface area (Å²) in [5, 5.41) is 8.32. The van der Waals surface area contributed by atoms with Crippen molar-refractivity contribution in [1.29, 1.82) is 0 Å². The minimum atomic E-state index is -3.82. The van der Waals surface area contributed by atoms with E-state index in [1.54, 1.807) is 17.0 Å². The van der Waals surface area contributed by atoms with Crippen LogP contribution in [0.1, 0.15) is 18.9 Å². The van der Waals surface area contributed by atoms with Gasteiger partial charge >= 0.3 is 5.97 Å². The third kappa shape index (κ3) is 4.44. The maximum atomic E-state index is 11.7. The molecule has 2 N–H and O–H groups in total. The van der Waals surface area contributed by atoms with Crippen molar-refractivity contribution in [3.05, 3.63) is 29.8 Å². The number of aliphatic carboxylic acids is 1. The van der Waals surface area contributed by atoms with Crippen LogP contribution in [0.3, 0.4) is 0 Å². The van der Waals surface area contributed by atoms with Crippen LogP contribution in [0, 0.1) is 0 Å². The van der Waals surface area contributed by atoms with Crippen LogP contribution < -0.4 is 4.89 Å². The summed E-state index contributed by atoms with van der Waals surface area (Å²) < 4.78 is 23.3. The average molecular weight is 273 g/mol. The molecule has 100 valence electrons. The predicted octanol–water partition coefficient (Wildman–Crippen LogP) is 0.934. The lowest BCUT2D eigenvalue weighted by atomic mass is 10.1. The first-order chi connectivity index (χ1) is 8.45. The zero-order valence-corrected chi connectivity index (χ0v) is 10.7. The molecule has 0 atom stereocenters. The number of aryl methyl sites for hydroxylation is 1. The van der Waals surface area contributed by atoms with E-state index in [1.165, 1.54) is 12.1 Å². The van der Waals surface area contributed by atoms with Crippen LogP contribution in [0.2, 0.25) is 0 Å². The van der Waals surface area contributed by atoms with Crippen molar-refractivity contribution in [3.63, 3.8) is 0 Å². The highest BCUT2D eigenvalue weighted by Gasteiger charge is 2.14. The van der Waals surface area contributed by atoms with Crippen LogP contribution in [0.5, 0.6) is 0 Å². The topological polar surface area (TPSA) is 92.7 Å². The molecule has 0 amide bonds. The minimum Gasteiger partial charge on any atom is -0.479 e. The van der Waals surface area contributed by atoms with E-state index in [0.29, 0.717) is 0 Å². The van der Waals surface area contributed by atoms with Crippen LogP contribution in [0.15, 0.2) is 29.2 Å². The zero-order valence-electron chi connectivity index (χ0n) is 9.92. The summed E-state index contributed by atoms with van der Waals surface area (Å²) in [6, 6.07) is 6.35. The fourth-order valence-electron chi connectivity index (χ4n) is 1.34. The first-order valence-electron chi connectivity index (χ1n) is 5.40. The lowest BCUT2D eigenvalue weighted by Gasteiger charge is -2.06. The van der Waals surface area contributed by atoms with E-state index in [9.17, 15) is 13.2 Å². The van der Waals surface area contributed by atoms with Gasteiger partial charge in [0.1, 0.15) is 0 Å². The summed E-state index contributed by atoms with van der Waals surface area (Å²) in [6.45, 7) is 1.30. The van der Waals surface area contributed by atoms with E-state index in [2.05, 4.69) is 4.84 Å². The molecule has 0 bridgehead atoms. The van der Waals surface area contributed by atoms with Crippen molar-refractivity contribution in [2.75, 3.05) is 6.61 Å². The number of sulfonamides is 1. The van der Waals surface area contributed by atoms with E-state index in [1.807, 2.05) is 6.92 Å². The van der Waals surface area contributed by atoms with Gasteiger partial charge in [0.05, 0.1) is 4.90 Å². The molecular weight excluding hydrogens is 258 g/mol. The van der Waals surface area contributed by atoms with Gasteiger partial charge in [-0.3, -0.25) is 4.84 Å². The van der Waals surface area contributed by atoms with Gasteiger partial charge in [-0.2, -0.15) is 0 Å². The Labute approximate surface area is 106 Å². The Hall–Kier alpha value is -1.44. The highest BCUT2D eigenvalue weighted by molar-refractivity contribution is 7.89. The fourth-order valence-corrected chi connectivity index (χ4v) is 2.15. The quantitative estimate of drug-likeness (QED) is 0.721. The summed E-state index contributed by atoms with van der Waals surface area (Å²) in [5.74, 6) is -1.25. The Kier molecular flexibility index (Phi) is 5.26. The Morgan fingerprint density at radius 1 is 1.33 bits per heavy atom. The fraction of sp³-hybridized carbons (Fsp3) is 0.364. The molecule has 0 aromatic heterocycles. The molecule has 0 saturated heterocycles. The normalized spacial score (nSPS) is 11.4. The molecule has 0 aliphatic heterocycles. The zero-order chi connectivity index (χ0) is 13.6. The molecule has 6 nitrogen and oxygen atoms in total. The number of carbonyl (C=O) groups is 1. The van der Waals surface area contributed by atoms with Crippen LogP contribution in [0.25, 0.3) is 0 Å². The van der Waals surface area contributed by atoms with Gasteiger partial charge in [-0.1, -0.05) is 30.4 Å². The Morgan fingerprint density at radius 3 is 2.44 bits per heavy atom. The Morgan fingerprint density at radius 2 is 1.94 bits per heavy atom. The summed E-state index contributed by atoms with van der Waals surface area (Å²) in [4.78, 5) is 16.3. The van der Waals surface area contributed by atoms with Crippen molar-refractivity contribution in [1.82, 2.24) is 4.89 Å². The van der Waals surface area contributed by atoms with Crippen LogP contribution in [-0.2, 0) is 26.1 Å². The third-order valence-electron chi connectivity index (χ3n) is 2.14. The van der Waals surface area contributed by atoms with Gasteiger partial charge in [-0.15, -0.1) is 0 Å². The molecule has 18 heavy (non-hydrogen) atoms. The summed E-state index contributed by atoms with van der Waals surface area (Å²) in [7, 11) is -3.82. The summed E-state index contributed by atoms with van der Waals surface area (Å²) in [6.07, 6.45) is 1.86. The second-order valence-electron chi connectivity index (χ2n) is 3.66. The standard InChI is InChI=1S/C11H15NO5S/c1-2-3-9-4-6-10(7-5-9)18(15,16)12-17-8-11(13)14/h4-7,12H,2-3,8H2,1H3,(H,13,14). The first kappa shape index (κ1) is 14.6. The van der Waals surface area contributed by atoms with Crippen LogP contribution in [0.4, 0.5) is 0 Å². The second kappa shape index (κ2) is 6.48. The van der Waals surface area contributed by atoms with Gasteiger partial charge < -0.3 is 5.11 Å². The van der Waals surface area contributed by atoms with E-state index in [4.69, 9.17) is 5.11 Å². The lowest BCUT2D eigenvalue weighted by molar-refractivity contribution is -0.143. The lowest BCUT2D eigenvalue weighted by Crippen LogP contribution is -2.26. The number of benzene rings is 1. The largest absolute Gasteiger partial charge is 0.479 e. The van der Waals surface area contributed by atoms with Crippen LogP contribution in [-0.4, -0.2) is 26.1 Å². The maximum Gasteiger partial charge on any atom is 0.331 e. The van der Waals surface area contributed by atoms with Gasteiger partial charge in [-0.25, -0.2) is 13.2 Å². The van der Waals surface area contributed by atoms with Crippen LogP contribution >= 0.6 is 0 Å². The molecule has 0 fully saturated rings. The Bertz CT molecular complexity index is 495. The third-order valence-corrected chi connectivity index (χ3v) is 3.37. The highest BCUT2D eigenvalue weighted by Crippen LogP contribution is 2.11. The smallest absolute Gasteiger partial charge is 0.331 e. The molecule has 1 aromatic carbocycles. The van der Waals surface area contributed by atoms with Gasteiger partial charge in [0.25, 0.3) is 10.0 Å². The number of carboxylic acids is 1. The van der Waals surface area contributed by atoms with Gasteiger partial charge in [0.15, 0.2) is 6.61 Å². The summed E-state index contributed by atoms with van der Waals surface area (Å²) >= 11 is 0. The highest BCUT2D eigenvalue weighted by atomic mass is 32.2. The van der Waals surface area contributed by atoms with E-state index < -0.39 is 22.6 Å². The van der Waals surface area contributed by atoms with E-state index in [0.717, 1.165) is 18.4 Å². The summed E-state index contributed by atoms with van der Waals surface area (Å²) in [5.41, 5.74) is 1.04. The molecule has 0 spiro atoms. The molecule has 0 saturated carbocycles. The van der Waals surface area contributed by atoms with Crippen molar-refractivity contribution in [2.45, 2.75) is 24.7 Å². The van der Waals surface area contributed by atoms with Crippen molar-refractivity contribution >= 4 is 16.0 Å². The first-order valence-corrected chi connectivity index (χ1v) is 6.88. The van der Waals surface area contributed by atoms with E-state index in [-0.39, 0.29) is 4.90 Å². The molecule has 1 aromatic rings. The molecular formula is C11H15NO5S. The van der Waals surface area contributed by atoms with Crippen molar-refractivity contribution in [3.8, 4) is 0 Å². The predicted molar refractivity (Wildman–Crippen MR) is 64.3 cm³/mol. The number of carboxylic acid groups (broad SMARTS) is 1. The molecule has 7 heteroatoms.